The van der Waals surface area contributed by atoms with Crippen molar-refractivity contribution < 1.29 is 9.59 Å². The molecule has 0 unspecified atom stereocenters. The first-order valence-corrected chi connectivity index (χ1v) is 12.9. The summed E-state index contributed by atoms with van der Waals surface area (Å²) in [7, 11) is 0. The van der Waals surface area contributed by atoms with E-state index in [1.165, 1.54) is 0 Å². The van der Waals surface area contributed by atoms with Gasteiger partial charge in [-0.15, -0.1) is 0 Å². The summed E-state index contributed by atoms with van der Waals surface area (Å²) in [4.78, 5) is 28.0. The molecule has 0 aliphatic rings. The second-order valence-corrected chi connectivity index (χ2v) is 11.4. The van der Waals surface area contributed by atoms with Crippen LogP contribution in [0.1, 0.15) is 62.6 Å². The third kappa shape index (κ3) is 7.21. The number of carbonyl (C=O) groups excluding carboxylic acids is 2. The summed E-state index contributed by atoms with van der Waals surface area (Å²) in [6, 6.07) is 13.6. The summed E-state index contributed by atoms with van der Waals surface area (Å²) in [6.45, 7) is 18.8. The van der Waals surface area contributed by atoms with Crippen molar-refractivity contribution in [3.63, 3.8) is 0 Å². The third-order valence-electron chi connectivity index (χ3n) is 6.29. The van der Waals surface area contributed by atoms with Gasteiger partial charge >= 0.3 is 6.03 Å². The molecule has 0 aliphatic carbocycles. The van der Waals surface area contributed by atoms with Gasteiger partial charge in [-0.05, 0) is 68.5 Å². The maximum atomic E-state index is 13.3. The Bertz CT molecular complexity index is 1280. The third-order valence-corrected chi connectivity index (χ3v) is 6.29. The number of carbonyl (C=O) groups is 2. The second kappa shape index (κ2) is 11.2. The largest absolute Gasteiger partial charge is 0.322 e. The molecule has 0 atom stereocenters. The molecule has 1 aromatic heterocycles. The van der Waals surface area contributed by atoms with Crippen LogP contribution in [0.5, 0.6) is 0 Å². The molecule has 1 heterocycles. The number of anilines is 2. The lowest BCUT2D eigenvalue weighted by Crippen LogP contribution is -2.42. The molecular formula is C30H41N5O2. The van der Waals surface area contributed by atoms with E-state index in [0.29, 0.717) is 18.1 Å². The molecule has 198 valence electrons. The van der Waals surface area contributed by atoms with Crippen LogP contribution in [0.25, 0.3) is 5.69 Å². The standard InChI is InChI=1S/C30H41N5O2/c1-19(2)17-34(29(37)31-24-12-11-21(4)22(5)15-24)18-28(36)32-27-16-26(30(7,8)9)33-35(27)25-13-10-20(3)14-23(25)6/h10-16,19H,17-18H2,1-9H3,(H,31,37)(H,32,36). The van der Waals surface area contributed by atoms with Crippen LogP contribution in [-0.4, -0.2) is 39.7 Å². The average Bonchev–Trinajstić information content (AvgIpc) is 3.19. The quantitative estimate of drug-likeness (QED) is 0.385. The molecule has 3 rings (SSSR count). The van der Waals surface area contributed by atoms with Crippen molar-refractivity contribution in [3.8, 4) is 5.69 Å². The van der Waals surface area contributed by atoms with Crippen molar-refractivity contribution in [3.05, 3.63) is 70.4 Å². The Hall–Kier alpha value is -3.61. The van der Waals surface area contributed by atoms with Gasteiger partial charge in [-0.3, -0.25) is 4.79 Å². The lowest BCUT2D eigenvalue weighted by atomic mass is 9.92. The highest BCUT2D eigenvalue weighted by atomic mass is 16.2. The average molecular weight is 504 g/mol. The summed E-state index contributed by atoms with van der Waals surface area (Å²) < 4.78 is 1.79. The topological polar surface area (TPSA) is 79.3 Å². The maximum absolute atomic E-state index is 13.3. The van der Waals surface area contributed by atoms with Crippen LogP contribution in [-0.2, 0) is 10.2 Å². The van der Waals surface area contributed by atoms with Gasteiger partial charge in [-0.2, -0.15) is 5.10 Å². The van der Waals surface area contributed by atoms with E-state index in [9.17, 15) is 9.59 Å². The van der Waals surface area contributed by atoms with E-state index in [-0.39, 0.29) is 29.8 Å². The maximum Gasteiger partial charge on any atom is 0.322 e. The normalized spacial score (nSPS) is 11.5. The van der Waals surface area contributed by atoms with E-state index in [0.717, 1.165) is 33.6 Å². The number of nitrogens with one attached hydrogen (secondary N) is 2. The summed E-state index contributed by atoms with van der Waals surface area (Å²) in [5.74, 6) is 0.509. The minimum absolute atomic E-state index is 0.0717. The molecule has 0 spiro atoms. The Balaban J connectivity index is 1.85. The first kappa shape index (κ1) is 28.0. The fraction of sp³-hybridized carbons (Fsp3) is 0.433. The summed E-state index contributed by atoms with van der Waals surface area (Å²) in [5, 5.41) is 10.8. The zero-order chi connectivity index (χ0) is 27.5. The predicted molar refractivity (Wildman–Crippen MR) is 152 cm³/mol. The number of aromatic nitrogens is 2. The number of benzene rings is 2. The monoisotopic (exact) mass is 503 g/mol. The molecule has 2 N–H and O–H groups in total. The van der Waals surface area contributed by atoms with Gasteiger partial charge in [-0.1, -0.05) is 58.4 Å². The SMILES string of the molecule is Cc1ccc(-n2nc(C(C)(C)C)cc2NC(=O)CN(CC(C)C)C(=O)Nc2ccc(C)c(C)c2)c(C)c1. The van der Waals surface area contributed by atoms with Gasteiger partial charge in [0.15, 0.2) is 0 Å². The van der Waals surface area contributed by atoms with Crippen molar-refractivity contribution in [2.45, 2.75) is 67.7 Å². The van der Waals surface area contributed by atoms with Gasteiger partial charge in [0.05, 0.1) is 11.4 Å². The van der Waals surface area contributed by atoms with E-state index in [2.05, 4.69) is 44.4 Å². The zero-order valence-corrected chi connectivity index (χ0v) is 23.7. The van der Waals surface area contributed by atoms with Crippen LogP contribution in [0.4, 0.5) is 16.3 Å². The fourth-order valence-corrected chi connectivity index (χ4v) is 4.10. The van der Waals surface area contributed by atoms with Gasteiger partial charge in [0.1, 0.15) is 12.4 Å². The van der Waals surface area contributed by atoms with Gasteiger partial charge < -0.3 is 15.5 Å². The van der Waals surface area contributed by atoms with Crippen LogP contribution >= 0.6 is 0 Å². The van der Waals surface area contributed by atoms with E-state index < -0.39 is 0 Å². The summed E-state index contributed by atoms with van der Waals surface area (Å²) in [5.41, 5.74) is 6.77. The van der Waals surface area contributed by atoms with Crippen LogP contribution in [0.2, 0.25) is 0 Å². The minimum atomic E-state index is -0.301. The van der Waals surface area contributed by atoms with Gasteiger partial charge in [0.25, 0.3) is 0 Å². The summed E-state index contributed by atoms with van der Waals surface area (Å²) in [6.07, 6.45) is 0. The highest BCUT2D eigenvalue weighted by molar-refractivity contribution is 5.97. The lowest BCUT2D eigenvalue weighted by molar-refractivity contribution is -0.116. The van der Waals surface area contributed by atoms with Crippen molar-refractivity contribution in [2.24, 2.45) is 5.92 Å². The van der Waals surface area contributed by atoms with Gasteiger partial charge in [0.2, 0.25) is 5.91 Å². The second-order valence-electron chi connectivity index (χ2n) is 11.4. The Kier molecular flexibility index (Phi) is 8.46. The van der Waals surface area contributed by atoms with Crippen molar-refractivity contribution >= 4 is 23.4 Å². The minimum Gasteiger partial charge on any atom is -0.315 e. The number of aryl methyl sites for hydroxylation is 4. The van der Waals surface area contributed by atoms with Gasteiger partial charge in [0, 0.05) is 23.7 Å². The first-order chi connectivity index (χ1) is 17.2. The molecule has 0 saturated carbocycles. The molecule has 3 aromatic rings. The Labute approximate surface area is 221 Å². The van der Waals surface area contributed by atoms with Crippen molar-refractivity contribution in [1.82, 2.24) is 14.7 Å². The van der Waals surface area contributed by atoms with Crippen molar-refractivity contribution in [1.29, 1.82) is 0 Å². The van der Waals surface area contributed by atoms with Crippen molar-refractivity contribution in [2.75, 3.05) is 23.7 Å². The van der Waals surface area contributed by atoms with Crippen LogP contribution in [0.15, 0.2) is 42.5 Å². The molecule has 3 amide bonds. The van der Waals surface area contributed by atoms with E-state index in [1.54, 1.807) is 9.58 Å². The van der Waals surface area contributed by atoms with E-state index in [4.69, 9.17) is 5.10 Å². The number of hydrogen-bond donors (Lipinski definition) is 2. The molecule has 0 aliphatic heterocycles. The molecule has 37 heavy (non-hydrogen) atoms. The molecule has 0 fully saturated rings. The molecule has 7 nitrogen and oxygen atoms in total. The van der Waals surface area contributed by atoms with Gasteiger partial charge in [-0.25, -0.2) is 9.48 Å². The highest BCUT2D eigenvalue weighted by Crippen LogP contribution is 2.28. The Morgan fingerprint density at radius 2 is 1.62 bits per heavy atom. The Morgan fingerprint density at radius 3 is 2.22 bits per heavy atom. The van der Waals surface area contributed by atoms with Crippen LogP contribution < -0.4 is 10.6 Å². The Morgan fingerprint density at radius 1 is 0.919 bits per heavy atom. The number of nitrogens with zero attached hydrogens (tertiary/aromatic N) is 3. The van der Waals surface area contributed by atoms with E-state index in [1.807, 2.05) is 71.0 Å². The summed E-state index contributed by atoms with van der Waals surface area (Å²) >= 11 is 0. The fourth-order valence-electron chi connectivity index (χ4n) is 4.10. The highest BCUT2D eigenvalue weighted by Gasteiger charge is 2.24. The smallest absolute Gasteiger partial charge is 0.315 e. The zero-order valence-electron chi connectivity index (χ0n) is 23.7. The predicted octanol–water partition coefficient (Wildman–Crippen LogP) is 6.53. The lowest BCUT2D eigenvalue weighted by Gasteiger charge is -2.24. The molecule has 0 saturated heterocycles. The molecule has 7 heteroatoms. The number of amides is 3. The number of hydrogen-bond acceptors (Lipinski definition) is 3. The molecule has 2 aromatic carbocycles. The van der Waals surface area contributed by atoms with E-state index >= 15 is 0 Å². The molecule has 0 radical (unpaired) electrons. The molecular weight excluding hydrogens is 462 g/mol. The van der Waals surface area contributed by atoms with Crippen LogP contribution in [0, 0.1) is 33.6 Å². The first-order valence-electron chi connectivity index (χ1n) is 12.9. The van der Waals surface area contributed by atoms with Crippen LogP contribution in [0.3, 0.4) is 0 Å². The number of rotatable bonds is 7. The molecule has 0 bridgehead atoms. The number of urea groups is 1.